The maximum atomic E-state index is 13.8. The molecule has 0 bridgehead atoms. The van der Waals surface area contributed by atoms with Crippen LogP contribution >= 0.6 is 11.8 Å². The minimum Gasteiger partial charge on any atom is -0.423 e. The van der Waals surface area contributed by atoms with Gasteiger partial charge < -0.3 is 4.74 Å². The molecule has 1 N–H and O–H groups in total. The highest BCUT2D eigenvalue weighted by Gasteiger charge is 2.36. The summed E-state index contributed by atoms with van der Waals surface area (Å²) in [5.41, 5.74) is 1.24. The number of aliphatic imine (C=N–C) groups is 1. The molecule has 3 heterocycles. The number of hydrogen-bond acceptors (Lipinski definition) is 7. The Morgan fingerprint density at radius 3 is 2.62 bits per heavy atom. The number of amidine groups is 2. The van der Waals surface area contributed by atoms with Crippen LogP contribution in [0.2, 0.25) is 0 Å². The minimum absolute atomic E-state index is 0.0663. The van der Waals surface area contributed by atoms with E-state index in [1.807, 2.05) is 6.07 Å². The van der Waals surface area contributed by atoms with Crippen LogP contribution in [0.5, 0.6) is 5.75 Å². The van der Waals surface area contributed by atoms with Crippen LogP contribution < -0.4 is 4.74 Å². The summed E-state index contributed by atoms with van der Waals surface area (Å²) in [5.74, 6) is -1.93. The van der Waals surface area contributed by atoms with Crippen molar-refractivity contribution in [1.82, 2.24) is 9.99 Å². The lowest BCUT2D eigenvalue weighted by Gasteiger charge is -2.20. The molecular weight excluding hydrogens is 457 g/mol. The predicted molar refractivity (Wildman–Crippen MR) is 126 cm³/mol. The van der Waals surface area contributed by atoms with Crippen molar-refractivity contribution in [2.45, 2.75) is 0 Å². The molecule has 2 aliphatic rings. The van der Waals surface area contributed by atoms with Gasteiger partial charge in [-0.25, -0.2) is 9.18 Å². The summed E-state index contributed by atoms with van der Waals surface area (Å²) in [4.78, 5) is 32.9. The number of pyridine rings is 1. The molecule has 2 aromatic carbocycles. The number of benzene rings is 2. The standard InChI is InChI=1S/C24H14FN5O3S/c25-19-6-2-1-5-17(19)23(32)33-16-9-7-14(8-10-16)12-18-20(26)30-24(28-21(18)31)34-22(29-30)15-4-3-11-27-13-15/h1-13,26H/b18-12-,26-20?. The average Bonchev–Trinajstić information content (AvgIpc) is 3.28. The molecule has 1 aromatic heterocycles. The van der Waals surface area contributed by atoms with E-state index in [0.717, 1.165) is 5.56 Å². The number of amides is 1. The van der Waals surface area contributed by atoms with Crippen molar-refractivity contribution in [2.24, 2.45) is 10.1 Å². The Kier molecular flexibility index (Phi) is 5.56. The first kappa shape index (κ1) is 21.4. The normalized spacial score (nSPS) is 16.3. The molecule has 34 heavy (non-hydrogen) atoms. The van der Waals surface area contributed by atoms with Gasteiger partial charge in [0.2, 0.25) is 5.17 Å². The lowest BCUT2D eigenvalue weighted by Crippen LogP contribution is -2.35. The molecule has 2 aliphatic heterocycles. The molecule has 0 aliphatic carbocycles. The van der Waals surface area contributed by atoms with Crippen molar-refractivity contribution in [3.63, 3.8) is 0 Å². The van der Waals surface area contributed by atoms with Crippen molar-refractivity contribution in [3.8, 4) is 5.75 Å². The van der Waals surface area contributed by atoms with Crippen LogP contribution in [0.3, 0.4) is 0 Å². The molecule has 0 saturated heterocycles. The van der Waals surface area contributed by atoms with Crippen LogP contribution in [0.25, 0.3) is 6.08 Å². The molecular formula is C24H14FN5O3S. The molecule has 8 nitrogen and oxygen atoms in total. The molecule has 0 fully saturated rings. The van der Waals surface area contributed by atoms with Gasteiger partial charge in [-0.05, 0) is 59.8 Å². The Morgan fingerprint density at radius 1 is 1.09 bits per heavy atom. The molecule has 5 rings (SSSR count). The van der Waals surface area contributed by atoms with E-state index in [1.54, 1.807) is 36.7 Å². The second kappa shape index (κ2) is 8.83. The van der Waals surface area contributed by atoms with E-state index in [0.29, 0.717) is 15.8 Å². The molecule has 3 aromatic rings. The zero-order chi connectivity index (χ0) is 23.7. The second-order valence-corrected chi connectivity index (χ2v) is 8.06. The number of esters is 1. The van der Waals surface area contributed by atoms with Crippen molar-refractivity contribution < 1.29 is 18.7 Å². The van der Waals surface area contributed by atoms with E-state index in [1.165, 1.54) is 53.2 Å². The Balaban J connectivity index is 1.34. The van der Waals surface area contributed by atoms with Gasteiger partial charge in [-0.15, -0.1) is 0 Å². The summed E-state index contributed by atoms with van der Waals surface area (Å²) < 4.78 is 19.0. The number of rotatable bonds is 4. The Morgan fingerprint density at radius 2 is 1.88 bits per heavy atom. The number of hydrazone groups is 1. The molecule has 1 amide bonds. The number of nitrogens with one attached hydrogen (secondary N) is 1. The number of hydrogen-bond donors (Lipinski definition) is 1. The first-order chi connectivity index (χ1) is 16.5. The maximum absolute atomic E-state index is 13.8. The van der Waals surface area contributed by atoms with Crippen LogP contribution in [0.4, 0.5) is 4.39 Å². The fourth-order valence-corrected chi connectivity index (χ4v) is 4.07. The molecule has 0 atom stereocenters. The van der Waals surface area contributed by atoms with Gasteiger partial charge >= 0.3 is 5.97 Å². The summed E-state index contributed by atoms with van der Waals surface area (Å²) in [6.07, 6.45) is 4.80. The topological polar surface area (TPSA) is 108 Å². The largest absolute Gasteiger partial charge is 0.423 e. The van der Waals surface area contributed by atoms with Crippen LogP contribution in [0, 0.1) is 11.2 Å². The zero-order valence-corrected chi connectivity index (χ0v) is 18.1. The van der Waals surface area contributed by atoms with Crippen LogP contribution in [-0.2, 0) is 4.79 Å². The first-order valence-electron chi connectivity index (χ1n) is 9.97. The average molecular weight is 471 g/mol. The van der Waals surface area contributed by atoms with E-state index in [4.69, 9.17) is 10.1 Å². The second-order valence-electron chi connectivity index (χ2n) is 7.11. The van der Waals surface area contributed by atoms with Crippen molar-refractivity contribution in [2.75, 3.05) is 0 Å². The molecule has 0 radical (unpaired) electrons. The number of carbonyl (C=O) groups excluding carboxylic acids is 2. The Labute approximate surface area is 197 Å². The van der Waals surface area contributed by atoms with Gasteiger partial charge in [0, 0.05) is 18.0 Å². The maximum Gasteiger partial charge on any atom is 0.346 e. The Bertz CT molecular complexity index is 1420. The molecule has 166 valence electrons. The molecule has 10 heteroatoms. The smallest absolute Gasteiger partial charge is 0.346 e. The lowest BCUT2D eigenvalue weighted by molar-refractivity contribution is -0.114. The fourth-order valence-electron chi connectivity index (χ4n) is 3.19. The van der Waals surface area contributed by atoms with E-state index in [-0.39, 0.29) is 22.7 Å². The van der Waals surface area contributed by atoms with Gasteiger partial charge in [0.1, 0.15) is 16.6 Å². The number of aromatic nitrogens is 1. The lowest BCUT2D eigenvalue weighted by atomic mass is 10.1. The summed E-state index contributed by atoms with van der Waals surface area (Å²) in [5, 5.41) is 15.1. The SMILES string of the molecule is N=C1/C(=C/c2ccc(OC(=O)c3ccccc3F)cc2)C(=O)N=C2SC(c3cccnc3)=NN12. The van der Waals surface area contributed by atoms with Gasteiger partial charge in [-0.3, -0.25) is 15.2 Å². The summed E-state index contributed by atoms with van der Waals surface area (Å²) in [7, 11) is 0. The van der Waals surface area contributed by atoms with Crippen molar-refractivity contribution in [1.29, 1.82) is 5.41 Å². The van der Waals surface area contributed by atoms with Crippen molar-refractivity contribution >= 4 is 45.8 Å². The van der Waals surface area contributed by atoms with E-state index in [9.17, 15) is 14.0 Å². The summed E-state index contributed by atoms with van der Waals surface area (Å²) in [6, 6.07) is 15.4. The number of thioether (sulfide) groups is 1. The van der Waals surface area contributed by atoms with Crippen LogP contribution in [0.1, 0.15) is 21.5 Å². The van der Waals surface area contributed by atoms with Gasteiger partial charge in [-0.1, -0.05) is 24.3 Å². The van der Waals surface area contributed by atoms with Gasteiger partial charge in [0.15, 0.2) is 5.84 Å². The highest BCUT2D eigenvalue weighted by atomic mass is 32.2. The molecule has 0 unspecified atom stereocenters. The van der Waals surface area contributed by atoms with Gasteiger partial charge in [0.25, 0.3) is 5.91 Å². The zero-order valence-electron chi connectivity index (χ0n) is 17.3. The summed E-state index contributed by atoms with van der Waals surface area (Å²) >= 11 is 1.19. The van der Waals surface area contributed by atoms with Gasteiger partial charge in [-0.2, -0.15) is 15.1 Å². The monoisotopic (exact) mass is 471 g/mol. The number of ether oxygens (including phenoxy) is 1. The van der Waals surface area contributed by atoms with E-state index < -0.39 is 17.7 Å². The highest BCUT2D eigenvalue weighted by molar-refractivity contribution is 8.27. The predicted octanol–water partition coefficient (Wildman–Crippen LogP) is 4.11. The summed E-state index contributed by atoms with van der Waals surface area (Å²) in [6.45, 7) is 0. The molecule has 0 spiro atoms. The number of carbonyl (C=O) groups is 2. The first-order valence-corrected chi connectivity index (χ1v) is 10.8. The third kappa shape index (κ3) is 4.14. The number of halogens is 1. The third-order valence-electron chi connectivity index (χ3n) is 4.86. The Hall–Kier alpha value is -4.44. The van der Waals surface area contributed by atoms with Gasteiger partial charge in [0.05, 0.1) is 11.1 Å². The van der Waals surface area contributed by atoms with E-state index >= 15 is 0 Å². The van der Waals surface area contributed by atoms with Crippen LogP contribution in [-0.4, -0.2) is 37.9 Å². The van der Waals surface area contributed by atoms with E-state index in [2.05, 4.69) is 15.1 Å². The quantitative estimate of drug-likeness (QED) is 0.349. The highest BCUT2D eigenvalue weighted by Crippen LogP contribution is 2.30. The number of nitrogens with zero attached hydrogens (tertiary/aromatic N) is 4. The fraction of sp³-hybridized carbons (Fsp3) is 0. The van der Waals surface area contributed by atoms with Crippen LogP contribution in [0.15, 0.2) is 88.7 Å². The van der Waals surface area contributed by atoms with Crippen molar-refractivity contribution in [3.05, 3.63) is 101 Å². The minimum atomic E-state index is -0.816. The number of fused-ring (bicyclic) bond motifs is 1. The molecule has 0 saturated carbocycles. The third-order valence-corrected chi connectivity index (χ3v) is 5.82.